The number of nitrogens with two attached hydrogens (primary N) is 1. The summed E-state index contributed by atoms with van der Waals surface area (Å²) < 4.78 is 4.64. The number of unbranched alkanes of at least 4 members (excludes halogenated alkanes) is 1. The predicted molar refractivity (Wildman–Crippen MR) is 43.3 cm³/mol. The van der Waals surface area contributed by atoms with Gasteiger partial charge in [0.15, 0.2) is 0 Å². The summed E-state index contributed by atoms with van der Waals surface area (Å²) in [5.74, 6) is 0. The van der Waals surface area contributed by atoms with Gasteiger partial charge in [-0.15, -0.1) is 0 Å². The molecule has 0 bridgehead atoms. The number of nitrogens with one attached hydrogen (secondary N) is 1. The highest BCUT2D eigenvalue weighted by Crippen LogP contribution is 1.83. The molecule has 0 aromatic rings. The van der Waals surface area contributed by atoms with Gasteiger partial charge in [-0.25, -0.2) is 4.79 Å². The van der Waals surface area contributed by atoms with E-state index < -0.39 is 0 Å². The van der Waals surface area contributed by atoms with Crippen molar-refractivity contribution in [2.24, 2.45) is 5.73 Å². The van der Waals surface area contributed by atoms with Gasteiger partial charge in [0.2, 0.25) is 0 Å². The Labute approximate surface area is 67.1 Å². The van der Waals surface area contributed by atoms with Gasteiger partial charge in [0.25, 0.3) is 0 Å². The van der Waals surface area contributed by atoms with Gasteiger partial charge in [0.05, 0.1) is 6.61 Å². The number of hydrogen-bond acceptors (Lipinski definition) is 3. The molecule has 11 heavy (non-hydrogen) atoms. The van der Waals surface area contributed by atoms with Crippen molar-refractivity contribution in [2.45, 2.75) is 19.8 Å². The summed E-state index contributed by atoms with van der Waals surface area (Å²) >= 11 is 0. The van der Waals surface area contributed by atoms with Crippen LogP contribution in [0.4, 0.5) is 4.79 Å². The molecule has 0 atom stereocenters. The molecule has 0 saturated heterocycles. The normalized spacial score (nSPS) is 9.27. The van der Waals surface area contributed by atoms with Gasteiger partial charge in [-0.05, 0) is 26.3 Å². The first-order chi connectivity index (χ1) is 5.31. The Balaban J connectivity index is 3.04. The van der Waals surface area contributed by atoms with Crippen molar-refractivity contribution in [3.05, 3.63) is 0 Å². The molecule has 0 unspecified atom stereocenters. The first-order valence-corrected chi connectivity index (χ1v) is 3.92. The van der Waals surface area contributed by atoms with E-state index in [0.29, 0.717) is 19.7 Å². The average Bonchev–Trinajstić information content (AvgIpc) is 1.99. The van der Waals surface area contributed by atoms with Crippen LogP contribution in [0.5, 0.6) is 0 Å². The zero-order valence-corrected chi connectivity index (χ0v) is 6.93. The number of alkyl carbamates (subject to hydrolysis) is 1. The van der Waals surface area contributed by atoms with Crippen molar-refractivity contribution in [1.82, 2.24) is 5.32 Å². The lowest BCUT2D eigenvalue weighted by Gasteiger charge is -2.03. The lowest BCUT2D eigenvalue weighted by Crippen LogP contribution is -2.25. The van der Waals surface area contributed by atoms with Crippen molar-refractivity contribution in [3.63, 3.8) is 0 Å². The minimum absolute atomic E-state index is 0.343. The molecule has 1 amide bonds. The molecule has 0 rings (SSSR count). The van der Waals surface area contributed by atoms with E-state index in [1.54, 1.807) is 6.92 Å². The summed E-state index contributed by atoms with van der Waals surface area (Å²) in [6.45, 7) is 3.52. The van der Waals surface area contributed by atoms with Gasteiger partial charge in [-0.2, -0.15) is 0 Å². The third kappa shape index (κ3) is 7.12. The Bertz CT molecular complexity index is 107. The van der Waals surface area contributed by atoms with Crippen LogP contribution in [0.15, 0.2) is 0 Å². The maximum absolute atomic E-state index is 10.6. The van der Waals surface area contributed by atoms with E-state index >= 15 is 0 Å². The standard InChI is InChI=1S/C7H16N2O2/c1-2-11-7(10)9-6-4-3-5-8/h2-6,8H2,1H3,(H,9,10). The SMILES string of the molecule is CCOC(=O)NCCCCN. The number of carbonyl (C=O) groups excluding carboxylic acids is 1. The molecule has 0 spiro atoms. The highest BCUT2D eigenvalue weighted by Gasteiger charge is 1.96. The fraction of sp³-hybridized carbons (Fsp3) is 0.857. The van der Waals surface area contributed by atoms with E-state index in [1.165, 1.54) is 0 Å². The highest BCUT2D eigenvalue weighted by molar-refractivity contribution is 5.66. The molecule has 3 N–H and O–H groups in total. The maximum Gasteiger partial charge on any atom is 0.407 e. The number of ether oxygens (including phenoxy) is 1. The van der Waals surface area contributed by atoms with Crippen LogP contribution in [0.25, 0.3) is 0 Å². The van der Waals surface area contributed by atoms with Crippen molar-refractivity contribution >= 4 is 6.09 Å². The Morgan fingerprint density at radius 3 is 2.82 bits per heavy atom. The van der Waals surface area contributed by atoms with Crippen molar-refractivity contribution in [2.75, 3.05) is 19.7 Å². The zero-order valence-electron chi connectivity index (χ0n) is 6.93. The van der Waals surface area contributed by atoms with Gasteiger partial charge in [-0.3, -0.25) is 0 Å². The largest absolute Gasteiger partial charge is 0.450 e. The van der Waals surface area contributed by atoms with E-state index in [4.69, 9.17) is 5.73 Å². The number of amides is 1. The molecule has 4 heteroatoms. The molecule has 0 saturated carbocycles. The molecule has 0 fully saturated rings. The summed E-state index contributed by atoms with van der Waals surface area (Å²) in [6, 6.07) is 0. The highest BCUT2D eigenvalue weighted by atomic mass is 16.5. The predicted octanol–water partition coefficient (Wildman–Crippen LogP) is 0.471. The molecule has 0 heterocycles. The quantitative estimate of drug-likeness (QED) is 0.575. The van der Waals surface area contributed by atoms with Gasteiger partial charge >= 0.3 is 6.09 Å². The number of hydrogen-bond donors (Lipinski definition) is 2. The summed E-state index contributed by atoms with van der Waals surface area (Å²) in [5, 5.41) is 2.60. The third-order valence-electron chi connectivity index (χ3n) is 1.18. The second-order valence-corrected chi connectivity index (χ2v) is 2.14. The molecule has 66 valence electrons. The summed E-state index contributed by atoms with van der Waals surface area (Å²) in [7, 11) is 0. The van der Waals surface area contributed by atoms with Crippen LogP contribution in [0.3, 0.4) is 0 Å². The van der Waals surface area contributed by atoms with Crippen LogP contribution >= 0.6 is 0 Å². The van der Waals surface area contributed by atoms with Crippen molar-refractivity contribution in [3.8, 4) is 0 Å². The molecular formula is C7H16N2O2. The first kappa shape index (κ1) is 10.2. The minimum Gasteiger partial charge on any atom is -0.450 e. The molecule has 0 aliphatic rings. The van der Waals surface area contributed by atoms with E-state index in [-0.39, 0.29) is 6.09 Å². The topological polar surface area (TPSA) is 64.3 Å². The zero-order chi connectivity index (χ0) is 8.53. The molecule has 0 aromatic heterocycles. The smallest absolute Gasteiger partial charge is 0.407 e. The Morgan fingerprint density at radius 1 is 1.55 bits per heavy atom. The number of carbonyl (C=O) groups is 1. The van der Waals surface area contributed by atoms with E-state index in [2.05, 4.69) is 10.1 Å². The summed E-state index contributed by atoms with van der Waals surface area (Å²) in [5.41, 5.74) is 5.26. The third-order valence-corrected chi connectivity index (χ3v) is 1.18. The van der Waals surface area contributed by atoms with Crippen molar-refractivity contribution < 1.29 is 9.53 Å². The molecule has 4 nitrogen and oxygen atoms in total. The fourth-order valence-corrected chi connectivity index (χ4v) is 0.642. The molecule has 0 radical (unpaired) electrons. The van der Waals surface area contributed by atoms with E-state index in [0.717, 1.165) is 12.8 Å². The molecule has 0 aliphatic heterocycles. The van der Waals surface area contributed by atoms with Gasteiger partial charge < -0.3 is 15.8 Å². The number of rotatable bonds is 5. The fourth-order valence-electron chi connectivity index (χ4n) is 0.642. The maximum atomic E-state index is 10.6. The van der Waals surface area contributed by atoms with Gasteiger partial charge in [0, 0.05) is 6.54 Å². The van der Waals surface area contributed by atoms with Gasteiger partial charge in [-0.1, -0.05) is 0 Å². The van der Waals surface area contributed by atoms with Crippen LogP contribution in [-0.2, 0) is 4.74 Å². The van der Waals surface area contributed by atoms with Gasteiger partial charge in [0.1, 0.15) is 0 Å². The molecule has 0 aliphatic carbocycles. The lowest BCUT2D eigenvalue weighted by molar-refractivity contribution is 0.152. The molecular weight excluding hydrogens is 144 g/mol. The van der Waals surface area contributed by atoms with Crippen LogP contribution in [-0.4, -0.2) is 25.8 Å². The minimum atomic E-state index is -0.343. The van der Waals surface area contributed by atoms with Crippen LogP contribution < -0.4 is 11.1 Å². The van der Waals surface area contributed by atoms with Crippen molar-refractivity contribution in [1.29, 1.82) is 0 Å². The summed E-state index contributed by atoms with van der Waals surface area (Å²) in [6.07, 6.45) is 1.51. The second kappa shape index (κ2) is 7.34. The van der Waals surface area contributed by atoms with E-state index in [1.807, 2.05) is 0 Å². The first-order valence-electron chi connectivity index (χ1n) is 3.92. The Morgan fingerprint density at radius 2 is 2.27 bits per heavy atom. The van der Waals surface area contributed by atoms with E-state index in [9.17, 15) is 4.79 Å². The Kier molecular flexibility index (Phi) is 6.82. The second-order valence-electron chi connectivity index (χ2n) is 2.14. The molecule has 0 aromatic carbocycles. The summed E-state index contributed by atoms with van der Waals surface area (Å²) in [4.78, 5) is 10.6. The average molecular weight is 160 g/mol. The van der Waals surface area contributed by atoms with Crippen LogP contribution in [0.1, 0.15) is 19.8 Å². The Hall–Kier alpha value is -0.770. The van der Waals surface area contributed by atoms with Crippen LogP contribution in [0, 0.1) is 0 Å². The lowest BCUT2D eigenvalue weighted by atomic mass is 10.3. The monoisotopic (exact) mass is 160 g/mol. The van der Waals surface area contributed by atoms with Crippen LogP contribution in [0.2, 0.25) is 0 Å².